The van der Waals surface area contributed by atoms with E-state index < -0.39 is 7.80 Å². The highest BCUT2D eigenvalue weighted by molar-refractivity contribution is 7.44. The summed E-state index contributed by atoms with van der Waals surface area (Å²) in [4.78, 5) is 13.4. The number of hydrogen-bond donors (Lipinski definition) is 0. The number of carbonyl (C=O) groups is 1. The zero-order valence-electron chi connectivity index (χ0n) is 7.03. The van der Waals surface area contributed by atoms with E-state index in [-0.39, 0.29) is 0 Å². The fourth-order valence-corrected chi connectivity index (χ4v) is 2.65. The standard InChI is InChI=1S/C8H13NO2P/c10-8(7-1-2-7)9-3-5-12(11)6-4-9/h7H,1-6H2/q+1. The topological polar surface area (TPSA) is 37.4 Å². The molecule has 0 bridgehead atoms. The van der Waals surface area contributed by atoms with Crippen LogP contribution >= 0.6 is 7.80 Å². The molecule has 1 aliphatic carbocycles. The van der Waals surface area contributed by atoms with E-state index in [4.69, 9.17) is 0 Å². The predicted molar refractivity (Wildman–Crippen MR) is 46.6 cm³/mol. The van der Waals surface area contributed by atoms with Crippen LogP contribution in [0, 0.1) is 5.92 Å². The number of carbonyl (C=O) groups excluding carboxylic acids is 1. The molecule has 0 aromatic rings. The van der Waals surface area contributed by atoms with Crippen LogP contribution in [-0.2, 0) is 9.36 Å². The first-order chi connectivity index (χ1) is 5.77. The van der Waals surface area contributed by atoms with Crippen molar-refractivity contribution < 1.29 is 9.36 Å². The number of hydrogen-bond acceptors (Lipinski definition) is 2. The summed E-state index contributed by atoms with van der Waals surface area (Å²) < 4.78 is 11.0. The average Bonchev–Trinajstić information content (AvgIpc) is 2.87. The number of rotatable bonds is 1. The molecule has 66 valence electrons. The van der Waals surface area contributed by atoms with Gasteiger partial charge in [0.2, 0.25) is 5.91 Å². The SMILES string of the molecule is O=C(C1CC1)N1CC[P+](=O)CC1. The lowest BCUT2D eigenvalue weighted by molar-refractivity contribution is -0.132. The molecule has 0 N–H and O–H groups in total. The van der Waals surface area contributed by atoms with Crippen LogP contribution in [0.3, 0.4) is 0 Å². The highest BCUT2D eigenvalue weighted by atomic mass is 31.1. The Bertz CT molecular complexity index is 215. The van der Waals surface area contributed by atoms with Gasteiger partial charge in [-0.25, -0.2) is 0 Å². The molecule has 1 amide bonds. The molecule has 2 aliphatic rings. The Labute approximate surface area is 72.9 Å². The molecule has 0 aromatic carbocycles. The second kappa shape index (κ2) is 3.14. The maximum absolute atomic E-state index is 11.5. The molecule has 0 spiro atoms. The molecule has 4 heteroatoms. The van der Waals surface area contributed by atoms with Crippen LogP contribution in [0.4, 0.5) is 0 Å². The summed E-state index contributed by atoms with van der Waals surface area (Å²) in [5.74, 6) is 0.624. The Kier molecular flexibility index (Phi) is 2.14. The van der Waals surface area contributed by atoms with Crippen molar-refractivity contribution in [1.82, 2.24) is 4.90 Å². The van der Waals surface area contributed by atoms with Gasteiger partial charge in [0, 0.05) is 5.92 Å². The van der Waals surface area contributed by atoms with Gasteiger partial charge in [-0.2, -0.15) is 0 Å². The van der Waals surface area contributed by atoms with Gasteiger partial charge in [0.25, 0.3) is 0 Å². The normalized spacial score (nSPS) is 24.3. The fraction of sp³-hybridized carbons (Fsp3) is 0.875. The van der Waals surface area contributed by atoms with Gasteiger partial charge in [0.05, 0.1) is 13.1 Å². The largest absolute Gasteiger partial charge is 0.342 e. The van der Waals surface area contributed by atoms with Crippen molar-refractivity contribution in [3.05, 3.63) is 0 Å². The smallest absolute Gasteiger partial charge is 0.334 e. The van der Waals surface area contributed by atoms with Crippen LogP contribution in [0.1, 0.15) is 12.8 Å². The van der Waals surface area contributed by atoms with Crippen molar-refractivity contribution in [1.29, 1.82) is 0 Å². The highest BCUT2D eigenvalue weighted by Gasteiger charge is 2.36. The lowest BCUT2D eigenvalue weighted by Crippen LogP contribution is -2.38. The summed E-state index contributed by atoms with van der Waals surface area (Å²) >= 11 is 0. The van der Waals surface area contributed by atoms with Crippen LogP contribution in [0.2, 0.25) is 0 Å². The molecular weight excluding hydrogens is 173 g/mol. The van der Waals surface area contributed by atoms with Crippen molar-refractivity contribution in [3.63, 3.8) is 0 Å². The molecule has 1 heterocycles. The summed E-state index contributed by atoms with van der Waals surface area (Å²) in [7, 11) is -0.986. The van der Waals surface area contributed by atoms with Gasteiger partial charge in [-0.15, -0.1) is 0 Å². The quantitative estimate of drug-likeness (QED) is 0.574. The third kappa shape index (κ3) is 1.66. The van der Waals surface area contributed by atoms with Gasteiger partial charge in [-0.1, -0.05) is 4.57 Å². The molecule has 0 radical (unpaired) electrons. The monoisotopic (exact) mass is 186 g/mol. The first-order valence-corrected chi connectivity index (χ1v) is 6.11. The van der Waals surface area contributed by atoms with Gasteiger partial charge >= 0.3 is 7.80 Å². The van der Waals surface area contributed by atoms with Crippen molar-refractivity contribution in [2.24, 2.45) is 5.92 Å². The van der Waals surface area contributed by atoms with Gasteiger partial charge in [0.1, 0.15) is 0 Å². The minimum absolute atomic E-state index is 0.304. The predicted octanol–water partition coefficient (Wildman–Crippen LogP) is 1.07. The van der Waals surface area contributed by atoms with Crippen molar-refractivity contribution in [2.45, 2.75) is 12.8 Å². The van der Waals surface area contributed by atoms with E-state index in [0.717, 1.165) is 25.9 Å². The van der Waals surface area contributed by atoms with E-state index in [2.05, 4.69) is 0 Å². The van der Waals surface area contributed by atoms with E-state index in [1.807, 2.05) is 4.90 Å². The van der Waals surface area contributed by atoms with E-state index in [9.17, 15) is 9.36 Å². The van der Waals surface area contributed by atoms with Crippen molar-refractivity contribution >= 4 is 13.7 Å². The third-order valence-electron chi connectivity index (χ3n) is 2.48. The average molecular weight is 186 g/mol. The minimum atomic E-state index is -0.986. The van der Waals surface area contributed by atoms with Crippen LogP contribution in [0.25, 0.3) is 0 Å². The minimum Gasteiger partial charge on any atom is -0.334 e. The molecule has 2 rings (SSSR count). The second-order valence-corrected chi connectivity index (χ2v) is 5.39. The summed E-state index contributed by atoms with van der Waals surface area (Å²) in [6.45, 7) is 1.45. The molecule has 0 atom stereocenters. The Balaban J connectivity index is 1.88. The first-order valence-electron chi connectivity index (χ1n) is 4.48. The molecule has 12 heavy (non-hydrogen) atoms. The molecule has 0 aromatic heterocycles. The Morgan fingerprint density at radius 3 is 2.33 bits per heavy atom. The van der Waals surface area contributed by atoms with Gasteiger partial charge < -0.3 is 4.90 Å². The zero-order chi connectivity index (χ0) is 8.55. The maximum Gasteiger partial charge on any atom is 0.342 e. The first kappa shape index (κ1) is 8.18. The summed E-state index contributed by atoms with van der Waals surface area (Å²) in [6, 6.07) is 0. The number of nitrogens with zero attached hydrogens (tertiary/aromatic N) is 1. The Morgan fingerprint density at radius 2 is 1.83 bits per heavy atom. The molecular formula is C8H13NO2P+. The highest BCUT2D eigenvalue weighted by Crippen LogP contribution is 2.33. The maximum atomic E-state index is 11.5. The molecule has 0 unspecified atom stereocenters. The fourth-order valence-electron chi connectivity index (χ4n) is 1.50. The molecule has 3 nitrogen and oxygen atoms in total. The third-order valence-corrected chi connectivity index (χ3v) is 3.87. The summed E-state index contributed by atoms with van der Waals surface area (Å²) in [5, 5.41) is 0. The van der Waals surface area contributed by atoms with E-state index in [1.54, 1.807) is 0 Å². The summed E-state index contributed by atoms with van der Waals surface area (Å²) in [6.07, 6.45) is 3.57. The molecule has 2 fully saturated rings. The van der Waals surface area contributed by atoms with Gasteiger partial charge in [-0.05, 0) is 12.8 Å². The lowest BCUT2D eigenvalue weighted by atomic mass is 10.3. The van der Waals surface area contributed by atoms with Crippen LogP contribution in [-0.4, -0.2) is 36.2 Å². The van der Waals surface area contributed by atoms with Crippen LogP contribution < -0.4 is 0 Å². The Hall–Kier alpha value is -0.430. The molecule has 1 aliphatic heterocycles. The van der Waals surface area contributed by atoms with Crippen molar-refractivity contribution in [3.8, 4) is 0 Å². The van der Waals surface area contributed by atoms with Crippen LogP contribution in [0.15, 0.2) is 0 Å². The molecule has 1 saturated heterocycles. The van der Waals surface area contributed by atoms with Gasteiger partial charge in [-0.3, -0.25) is 4.79 Å². The van der Waals surface area contributed by atoms with Gasteiger partial charge in [0.15, 0.2) is 12.3 Å². The number of amides is 1. The van der Waals surface area contributed by atoms with E-state index in [1.165, 1.54) is 0 Å². The van der Waals surface area contributed by atoms with E-state index in [0.29, 0.717) is 24.1 Å². The van der Waals surface area contributed by atoms with Crippen molar-refractivity contribution in [2.75, 3.05) is 25.4 Å². The summed E-state index contributed by atoms with van der Waals surface area (Å²) in [5.41, 5.74) is 0. The Morgan fingerprint density at radius 1 is 1.25 bits per heavy atom. The van der Waals surface area contributed by atoms with E-state index >= 15 is 0 Å². The lowest BCUT2D eigenvalue weighted by Gasteiger charge is -2.21. The zero-order valence-corrected chi connectivity index (χ0v) is 7.93. The van der Waals surface area contributed by atoms with Crippen LogP contribution in [0.5, 0.6) is 0 Å². The molecule has 1 saturated carbocycles. The second-order valence-electron chi connectivity index (χ2n) is 3.53.